The Labute approximate surface area is 113 Å². The number of amides is 1. The van der Waals surface area contributed by atoms with Gasteiger partial charge >= 0.3 is 5.97 Å². The van der Waals surface area contributed by atoms with Gasteiger partial charge in [0.15, 0.2) is 0 Å². The van der Waals surface area contributed by atoms with Gasteiger partial charge in [0.05, 0.1) is 12.5 Å². The highest BCUT2D eigenvalue weighted by molar-refractivity contribution is 5.86. The molecule has 5 nitrogen and oxygen atoms in total. The third kappa shape index (κ3) is 2.61. The van der Waals surface area contributed by atoms with Crippen molar-refractivity contribution in [3.63, 3.8) is 0 Å². The first-order chi connectivity index (χ1) is 9.13. The van der Waals surface area contributed by atoms with Crippen molar-refractivity contribution in [1.29, 1.82) is 0 Å². The molecule has 3 fully saturated rings. The zero-order valence-electron chi connectivity index (χ0n) is 11.2. The summed E-state index contributed by atoms with van der Waals surface area (Å²) in [6.07, 6.45) is 5.27. The molecule has 2 N–H and O–H groups in total. The standard InChI is InChI=1S/C14H22N2O3/c17-13(18)7-12-14(19)15-3-4-16(12)8-11-6-9-1-2-10(11)5-9/h9-12H,1-8H2,(H,15,19)(H,17,18). The summed E-state index contributed by atoms with van der Waals surface area (Å²) >= 11 is 0. The van der Waals surface area contributed by atoms with Crippen LogP contribution in [0.25, 0.3) is 0 Å². The van der Waals surface area contributed by atoms with Gasteiger partial charge in [-0.1, -0.05) is 6.42 Å². The molecule has 1 amide bonds. The Balaban J connectivity index is 1.63. The Kier molecular flexibility index (Phi) is 3.48. The molecule has 0 aromatic heterocycles. The van der Waals surface area contributed by atoms with Gasteiger partial charge in [-0.3, -0.25) is 14.5 Å². The second kappa shape index (κ2) is 5.12. The van der Waals surface area contributed by atoms with Crippen LogP contribution < -0.4 is 5.32 Å². The van der Waals surface area contributed by atoms with Crippen molar-refractivity contribution in [2.75, 3.05) is 19.6 Å². The molecule has 5 heteroatoms. The van der Waals surface area contributed by atoms with E-state index >= 15 is 0 Å². The van der Waals surface area contributed by atoms with E-state index in [4.69, 9.17) is 5.11 Å². The number of aliphatic carboxylic acids is 1. The van der Waals surface area contributed by atoms with E-state index in [2.05, 4.69) is 10.2 Å². The lowest BCUT2D eigenvalue weighted by atomic mass is 9.88. The van der Waals surface area contributed by atoms with E-state index < -0.39 is 12.0 Å². The van der Waals surface area contributed by atoms with Crippen LogP contribution in [-0.4, -0.2) is 47.6 Å². The van der Waals surface area contributed by atoms with Crippen molar-refractivity contribution in [1.82, 2.24) is 10.2 Å². The Morgan fingerprint density at radius 2 is 2.21 bits per heavy atom. The predicted octanol–water partition coefficient (Wildman–Crippen LogP) is 0.698. The number of piperazine rings is 1. The van der Waals surface area contributed by atoms with E-state index in [1.165, 1.54) is 25.7 Å². The van der Waals surface area contributed by atoms with E-state index in [1.54, 1.807) is 0 Å². The number of nitrogens with one attached hydrogen (secondary N) is 1. The van der Waals surface area contributed by atoms with Gasteiger partial charge in [0.2, 0.25) is 5.91 Å². The molecule has 0 radical (unpaired) electrons. The number of carbonyl (C=O) groups is 2. The number of hydrogen-bond donors (Lipinski definition) is 2. The molecule has 19 heavy (non-hydrogen) atoms. The van der Waals surface area contributed by atoms with Crippen LogP contribution in [0.15, 0.2) is 0 Å². The van der Waals surface area contributed by atoms with Gasteiger partial charge in [-0.25, -0.2) is 0 Å². The van der Waals surface area contributed by atoms with Crippen LogP contribution in [0.2, 0.25) is 0 Å². The number of fused-ring (bicyclic) bond motifs is 2. The maximum Gasteiger partial charge on any atom is 0.305 e. The highest BCUT2D eigenvalue weighted by Crippen LogP contribution is 2.48. The molecule has 3 rings (SSSR count). The summed E-state index contributed by atoms with van der Waals surface area (Å²) in [6.45, 7) is 2.35. The van der Waals surface area contributed by atoms with Crippen LogP contribution in [0.3, 0.4) is 0 Å². The summed E-state index contributed by atoms with van der Waals surface area (Å²) in [6, 6.07) is -0.467. The molecule has 3 aliphatic rings. The molecule has 2 aliphatic carbocycles. The molecule has 106 valence electrons. The fourth-order valence-electron chi connectivity index (χ4n) is 4.27. The normalized spacial score (nSPS) is 38.4. The van der Waals surface area contributed by atoms with Gasteiger partial charge < -0.3 is 10.4 Å². The summed E-state index contributed by atoms with van der Waals surface area (Å²) in [7, 11) is 0. The molecule has 4 unspecified atom stereocenters. The number of carboxylic acids is 1. The summed E-state index contributed by atoms with van der Waals surface area (Å²) in [5.41, 5.74) is 0. The van der Waals surface area contributed by atoms with Crippen LogP contribution in [0.4, 0.5) is 0 Å². The van der Waals surface area contributed by atoms with Crippen molar-refractivity contribution in [2.24, 2.45) is 17.8 Å². The van der Waals surface area contributed by atoms with Gasteiger partial charge in [-0.05, 0) is 37.0 Å². The van der Waals surface area contributed by atoms with Crippen molar-refractivity contribution in [3.05, 3.63) is 0 Å². The molecule has 4 atom stereocenters. The Morgan fingerprint density at radius 3 is 2.84 bits per heavy atom. The number of carboxylic acid groups (broad SMARTS) is 1. The summed E-state index contributed by atoms with van der Waals surface area (Å²) in [4.78, 5) is 24.9. The van der Waals surface area contributed by atoms with E-state index in [-0.39, 0.29) is 12.3 Å². The molecule has 0 aromatic carbocycles. The molecule has 0 aromatic rings. The minimum Gasteiger partial charge on any atom is -0.481 e. The molecule has 2 saturated carbocycles. The third-order valence-corrected chi connectivity index (χ3v) is 5.16. The predicted molar refractivity (Wildman–Crippen MR) is 69.6 cm³/mol. The van der Waals surface area contributed by atoms with Crippen molar-refractivity contribution >= 4 is 11.9 Å². The van der Waals surface area contributed by atoms with Crippen molar-refractivity contribution < 1.29 is 14.7 Å². The molecule has 2 bridgehead atoms. The average Bonchev–Trinajstić information content (AvgIpc) is 2.95. The maximum absolute atomic E-state index is 11.9. The molecule has 0 spiro atoms. The number of nitrogens with zero attached hydrogens (tertiary/aromatic N) is 1. The quantitative estimate of drug-likeness (QED) is 0.786. The molecule has 1 saturated heterocycles. The topological polar surface area (TPSA) is 69.6 Å². The number of carbonyl (C=O) groups excluding carboxylic acids is 1. The van der Waals surface area contributed by atoms with E-state index in [9.17, 15) is 9.59 Å². The SMILES string of the molecule is O=C(O)CC1C(=O)NCCN1CC1CC2CCC1C2. The Morgan fingerprint density at radius 1 is 1.37 bits per heavy atom. The first-order valence-corrected chi connectivity index (χ1v) is 7.37. The van der Waals surface area contributed by atoms with Gasteiger partial charge in [0.25, 0.3) is 0 Å². The van der Waals surface area contributed by atoms with Crippen molar-refractivity contribution in [2.45, 2.75) is 38.1 Å². The Hall–Kier alpha value is -1.10. The maximum atomic E-state index is 11.9. The second-order valence-corrected chi connectivity index (χ2v) is 6.33. The second-order valence-electron chi connectivity index (χ2n) is 6.33. The Bertz CT molecular complexity index is 385. The van der Waals surface area contributed by atoms with Crippen LogP contribution in [0.5, 0.6) is 0 Å². The van der Waals surface area contributed by atoms with Crippen LogP contribution in [-0.2, 0) is 9.59 Å². The number of hydrogen-bond acceptors (Lipinski definition) is 3. The fraction of sp³-hybridized carbons (Fsp3) is 0.857. The zero-order valence-corrected chi connectivity index (χ0v) is 11.2. The van der Waals surface area contributed by atoms with Gasteiger partial charge in [-0.15, -0.1) is 0 Å². The van der Waals surface area contributed by atoms with E-state index in [0.717, 1.165) is 24.9 Å². The van der Waals surface area contributed by atoms with Gasteiger partial charge in [0, 0.05) is 19.6 Å². The van der Waals surface area contributed by atoms with Crippen molar-refractivity contribution in [3.8, 4) is 0 Å². The lowest BCUT2D eigenvalue weighted by Gasteiger charge is -2.37. The monoisotopic (exact) mass is 266 g/mol. The molecular formula is C14H22N2O3. The lowest BCUT2D eigenvalue weighted by Crippen LogP contribution is -2.57. The molecular weight excluding hydrogens is 244 g/mol. The first-order valence-electron chi connectivity index (χ1n) is 7.37. The van der Waals surface area contributed by atoms with E-state index in [0.29, 0.717) is 12.5 Å². The summed E-state index contributed by atoms with van der Waals surface area (Å²) in [5, 5.41) is 11.7. The summed E-state index contributed by atoms with van der Waals surface area (Å²) < 4.78 is 0. The highest BCUT2D eigenvalue weighted by Gasteiger charge is 2.42. The third-order valence-electron chi connectivity index (χ3n) is 5.16. The minimum atomic E-state index is -0.889. The van der Waals surface area contributed by atoms with E-state index in [1.807, 2.05) is 0 Å². The van der Waals surface area contributed by atoms with Crippen LogP contribution >= 0.6 is 0 Å². The smallest absolute Gasteiger partial charge is 0.305 e. The van der Waals surface area contributed by atoms with Gasteiger partial charge in [-0.2, -0.15) is 0 Å². The van der Waals surface area contributed by atoms with Crippen LogP contribution in [0, 0.1) is 17.8 Å². The largest absolute Gasteiger partial charge is 0.481 e. The lowest BCUT2D eigenvalue weighted by molar-refractivity contribution is -0.143. The molecule has 1 aliphatic heterocycles. The summed E-state index contributed by atoms with van der Waals surface area (Å²) in [5.74, 6) is 1.39. The fourth-order valence-corrected chi connectivity index (χ4v) is 4.27. The minimum absolute atomic E-state index is 0.0767. The zero-order chi connectivity index (χ0) is 13.4. The molecule has 1 heterocycles. The highest BCUT2D eigenvalue weighted by atomic mass is 16.4. The number of rotatable bonds is 4. The first kappa shape index (κ1) is 12.9. The average molecular weight is 266 g/mol. The van der Waals surface area contributed by atoms with Gasteiger partial charge in [0.1, 0.15) is 0 Å². The van der Waals surface area contributed by atoms with Crippen LogP contribution in [0.1, 0.15) is 32.1 Å².